The van der Waals surface area contributed by atoms with Crippen molar-refractivity contribution in [3.8, 4) is 0 Å². The highest BCUT2D eigenvalue weighted by Gasteiger charge is 2.23. The first-order valence-electron chi connectivity index (χ1n) is 6.86. The van der Waals surface area contributed by atoms with Gasteiger partial charge in [-0.15, -0.1) is 0 Å². The molecule has 0 heterocycles. The molecule has 3 atom stereocenters. The molecule has 0 amide bonds. The van der Waals surface area contributed by atoms with Crippen LogP contribution in [0, 0.1) is 5.82 Å². The summed E-state index contributed by atoms with van der Waals surface area (Å²) in [6, 6.07) is 6.87. The minimum atomic E-state index is -0.254. The minimum Gasteiger partial charge on any atom is -0.392 e. The molecular formula is C15H22FNO. The molecule has 0 radical (unpaired) electrons. The third-order valence-electron chi connectivity index (χ3n) is 3.81. The van der Waals surface area contributed by atoms with Gasteiger partial charge in [0, 0.05) is 12.1 Å². The van der Waals surface area contributed by atoms with Crippen molar-refractivity contribution in [2.24, 2.45) is 0 Å². The van der Waals surface area contributed by atoms with Crippen molar-refractivity contribution in [1.29, 1.82) is 0 Å². The fourth-order valence-corrected chi connectivity index (χ4v) is 2.65. The van der Waals surface area contributed by atoms with E-state index in [0.717, 1.165) is 24.8 Å². The summed E-state index contributed by atoms with van der Waals surface area (Å²) in [5.41, 5.74) is 1.06. The van der Waals surface area contributed by atoms with Crippen molar-refractivity contribution in [1.82, 2.24) is 5.32 Å². The lowest BCUT2D eigenvalue weighted by atomic mass is 10.0. The van der Waals surface area contributed by atoms with Crippen LogP contribution in [-0.4, -0.2) is 17.3 Å². The van der Waals surface area contributed by atoms with E-state index in [-0.39, 0.29) is 24.0 Å². The van der Waals surface area contributed by atoms with Crippen LogP contribution in [0.15, 0.2) is 24.3 Å². The second-order valence-corrected chi connectivity index (χ2v) is 5.25. The fraction of sp³-hybridized carbons (Fsp3) is 0.600. The van der Waals surface area contributed by atoms with Gasteiger partial charge in [-0.2, -0.15) is 0 Å². The Kier molecular flexibility index (Phi) is 4.72. The molecule has 2 unspecified atom stereocenters. The molecular weight excluding hydrogens is 229 g/mol. The molecule has 0 spiro atoms. The summed E-state index contributed by atoms with van der Waals surface area (Å²) in [7, 11) is 0. The first kappa shape index (κ1) is 13.5. The molecule has 1 aliphatic carbocycles. The topological polar surface area (TPSA) is 32.3 Å². The summed E-state index contributed by atoms with van der Waals surface area (Å²) in [6.45, 7) is 2.06. The summed E-state index contributed by atoms with van der Waals surface area (Å²) >= 11 is 0. The molecule has 2 rings (SSSR count). The van der Waals surface area contributed by atoms with Gasteiger partial charge in [0.1, 0.15) is 5.82 Å². The zero-order chi connectivity index (χ0) is 13.0. The maximum Gasteiger partial charge on any atom is 0.123 e. The Balaban J connectivity index is 1.97. The molecule has 0 aliphatic heterocycles. The summed E-state index contributed by atoms with van der Waals surface area (Å²) < 4.78 is 12.9. The van der Waals surface area contributed by atoms with Crippen LogP contribution in [0.3, 0.4) is 0 Å². The van der Waals surface area contributed by atoms with Gasteiger partial charge in [0.15, 0.2) is 0 Å². The van der Waals surface area contributed by atoms with Crippen LogP contribution in [0.4, 0.5) is 4.39 Å². The largest absolute Gasteiger partial charge is 0.392 e. The number of rotatable bonds is 3. The van der Waals surface area contributed by atoms with E-state index >= 15 is 0 Å². The van der Waals surface area contributed by atoms with Gasteiger partial charge in [-0.25, -0.2) is 4.39 Å². The molecule has 3 heteroatoms. The number of hydrogen-bond donors (Lipinski definition) is 2. The van der Waals surface area contributed by atoms with E-state index in [1.54, 1.807) is 12.1 Å². The van der Waals surface area contributed by atoms with Gasteiger partial charge in [0.05, 0.1) is 6.10 Å². The van der Waals surface area contributed by atoms with Crippen LogP contribution in [0.2, 0.25) is 0 Å². The summed E-state index contributed by atoms with van der Waals surface area (Å²) in [5.74, 6) is -0.208. The molecule has 2 nitrogen and oxygen atoms in total. The minimum absolute atomic E-state index is 0.142. The van der Waals surface area contributed by atoms with Crippen molar-refractivity contribution < 1.29 is 9.50 Å². The van der Waals surface area contributed by atoms with Gasteiger partial charge in [0.25, 0.3) is 0 Å². The van der Waals surface area contributed by atoms with Gasteiger partial charge < -0.3 is 10.4 Å². The molecule has 0 saturated heterocycles. The van der Waals surface area contributed by atoms with Crippen molar-refractivity contribution in [3.05, 3.63) is 35.6 Å². The average molecular weight is 251 g/mol. The zero-order valence-electron chi connectivity index (χ0n) is 10.9. The summed E-state index contributed by atoms with van der Waals surface area (Å²) in [5, 5.41) is 13.5. The number of hydrogen-bond acceptors (Lipinski definition) is 2. The van der Waals surface area contributed by atoms with Gasteiger partial charge in [-0.3, -0.25) is 0 Å². The van der Waals surface area contributed by atoms with E-state index in [0.29, 0.717) is 0 Å². The molecule has 1 aromatic rings. The third kappa shape index (κ3) is 3.53. The van der Waals surface area contributed by atoms with Crippen molar-refractivity contribution in [2.75, 3.05) is 0 Å². The highest BCUT2D eigenvalue weighted by molar-refractivity contribution is 5.19. The Morgan fingerprint density at radius 3 is 2.56 bits per heavy atom. The lowest BCUT2D eigenvalue weighted by Crippen LogP contribution is -2.40. The average Bonchev–Trinajstić information content (AvgIpc) is 2.56. The number of nitrogens with one attached hydrogen (secondary N) is 1. The number of halogens is 1. The monoisotopic (exact) mass is 251 g/mol. The predicted octanol–water partition coefficient (Wildman–Crippen LogP) is 3.17. The molecule has 100 valence electrons. The van der Waals surface area contributed by atoms with E-state index in [4.69, 9.17) is 0 Å². The van der Waals surface area contributed by atoms with Crippen LogP contribution in [0.25, 0.3) is 0 Å². The predicted molar refractivity (Wildman–Crippen MR) is 70.8 cm³/mol. The molecule has 2 N–H and O–H groups in total. The molecule has 0 aromatic heterocycles. The van der Waals surface area contributed by atoms with Gasteiger partial charge in [-0.05, 0) is 37.5 Å². The SMILES string of the molecule is C[C@H](NC1CCCCCC1O)c1ccc(F)cc1. The van der Waals surface area contributed by atoms with Gasteiger partial charge in [-0.1, -0.05) is 31.4 Å². The summed E-state index contributed by atoms with van der Waals surface area (Å²) in [4.78, 5) is 0. The smallest absolute Gasteiger partial charge is 0.123 e. The van der Waals surface area contributed by atoms with Crippen LogP contribution >= 0.6 is 0 Å². The lowest BCUT2D eigenvalue weighted by molar-refractivity contribution is 0.115. The lowest BCUT2D eigenvalue weighted by Gasteiger charge is -2.26. The van der Waals surface area contributed by atoms with E-state index in [1.807, 2.05) is 0 Å². The maximum atomic E-state index is 12.9. The van der Waals surface area contributed by atoms with E-state index in [1.165, 1.54) is 25.0 Å². The fourth-order valence-electron chi connectivity index (χ4n) is 2.65. The Morgan fingerprint density at radius 2 is 1.83 bits per heavy atom. The Morgan fingerprint density at radius 1 is 1.17 bits per heavy atom. The van der Waals surface area contributed by atoms with E-state index < -0.39 is 0 Å². The second kappa shape index (κ2) is 6.30. The van der Waals surface area contributed by atoms with Crippen LogP contribution < -0.4 is 5.32 Å². The highest BCUT2D eigenvalue weighted by atomic mass is 19.1. The standard InChI is InChI=1S/C15H22FNO/c1-11(12-7-9-13(16)10-8-12)17-14-5-3-2-4-6-15(14)18/h7-11,14-15,17-18H,2-6H2,1H3/t11-,14?,15?/m0/s1. The van der Waals surface area contributed by atoms with E-state index in [9.17, 15) is 9.50 Å². The highest BCUT2D eigenvalue weighted by Crippen LogP contribution is 2.21. The van der Waals surface area contributed by atoms with E-state index in [2.05, 4.69) is 12.2 Å². The van der Waals surface area contributed by atoms with Gasteiger partial charge in [0.2, 0.25) is 0 Å². The molecule has 1 fully saturated rings. The second-order valence-electron chi connectivity index (χ2n) is 5.25. The van der Waals surface area contributed by atoms with Crippen molar-refractivity contribution in [2.45, 2.75) is 57.2 Å². The number of aliphatic hydroxyl groups is 1. The first-order valence-corrected chi connectivity index (χ1v) is 6.86. The maximum absolute atomic E-state index is 12.9. The first-order chi connectivity index (χ1) is 8.66. The van der Waals surface area contributed by atoms with Crippen molar-refractivity contribution in [3.63, 3.8) is 0 Å². The third-order valence-corrected chi connectivity index (χ3v) is 3.81. The molecule has 1 aromatic carbocycles. The Hall–Kier alpha value is -0.930. The molecule has 0 bridgehead atoms. The quantitative estimate of drug-likeness (QED) is 0.809. The molecule has 1 aliphatic rings. The van der Waals surface area contributed by atoms with Crippen molar-refractivity contribution >= 4 is 0 Å². The Bertz CT molecular complexity index is 365. The summed E-state index contributed by atoms with van der Waals surface area (Å²) in [6.07, 6.45) is 5.14. The molecule has 1 saturated carbocycles. The number of benzene rings is 1. The van der Waals surface area contributed by atoms with Crippen LogP contribution in [0.5, 0.6) is 0 Å². The van der Waals surface area contributed by atoms with Gasteiger partial charge >= 0.3 is 0 Å². The number of aliphatic hydroxyl groups excluding tert-OH is 1. The van der Waals surface area contributed by atoms with Crippen LogP contribution in [0.1, 0.15) is 50.6 Å². The zero-order valence-corrected chi connectivity index (χ0v) is 10.9. The Labute approximate surface area is 108 Å². The molecule has 18 heavy (non-hydrogen) atoms. The normalized spacial score (nSPS) is 26.6. The van der Waals surface area contributed by atoms with Crippen LogP contribution in [-0.2, 0) is 0 Å².